The molecule has 3 rings (SSSR count). The number of pyridine rings is 2. The van der Waals surface area contributed by atoms with Crippen LogP contribution in [0.4, 0.5) is 0 Å². The van der Waals surface area contributed by atoms with E-state index in [2.05, 4.69) is 66.2 Å². The first-order chi connectivity index (χ1) is 7.36. The average molecular weight is 194 g/mol. The van der Waals surface area contributed by atoms with Crippen molar-refractivity contribution >= 4 is 16.3 Å². The molecule has 1 heteroatoms. The zero-order chi connectivity index (χ0) is 10.3. The van der Waals surface area contributed by atoms with Crippen LogP contribution in [0.1, 0.15) is 5.56 Å². The summed E-state index contributed by atoms with van der Waals surface area (Å²) in [6, 6.07) is 14.8. The van der Waals surface area contributed by atoms with Crippen LogP contribution in [0.15, 0.2) is 54.9 Å². The molecule has 0 aliphatic carbocycles. The van der Waals surface area contributed by atoms with Gasteiger partial charge in [0.1, 0.15) is 0 Å². The normalized spacial score (nSPS) is 11.0. The van der Waals surface area contributed by atoms with E-state index in [4.69, 9.17) is 0 Å². The summed E-state index contributed by atoms with van der Waals surface area (Å²) in [5, 5.41) is 2.65. The maximum absolute atomic E-state index is 2.18. The Hall–Kier alpha value is -1.89. The summed E-state index contributed by atoms with van der Waals surface area (Å²) in [4.78, 5) is 0. The Morgan fingerprint density at radius 2 is 1.60 bits per heavy atom. The average Bonchev–Trinajstić information content (AvgIpc) is 2.30. The Kier molecular flexibility index (Phi) is 1.72. The number of fused-ring (bicyclic) bond motifs is 3. The Bertz CT molecular complexity index is 641. The van der Waals surface area contributed by atoms with Gasteiger partial charge in [0.25, 0.3) is 0 Å². The van der Waals surface area contributed by atoms with E-state index in [0.717, 1.165) is 0 Å². The minimum Gasteiger partial charge on any atom is -0.166 e. The first-order valence-electron chi connectivity index (χ1n) is 5.14. The third kappa shape index (κ3) is 1.20. The molecule has 0 radical (unpaired) electrons. The summed E-state index contributed by atoms with van der Waals surface area (Å²) >= 11 is 0. The largest absolute Gasteiger partial charge is 0.218 e. The highest BCUT2D eigenvalue weighted by Gasteiger charge is 2.08. The quantitative estimate of drug-likeness (QED) is 0.383. The fourth-order valence-electron chi connectivity index (χ4n) is 2.13. The smallest absolute Gasteiger partial charge is 0.166 e. The van der Waals surface area contributed by atoms with E-state index in [1.54, 1.807) is 0 Å². The SMILES string of the molecule is Cc1c[n+]2ccccc2c2ccccc12. The van der Waals surface area contributed by atoms with Crippen molar-refractivity contribution in [2.75, 3.05) is 0 Å². The van der Waals surface area contributed by atoms with Gasteiger partial charge in [0, 0.05) is 17.7 Å². The topological polar surface area (TPSA) is 4.10 Å². The molecule has 0 fully saturated rings. The highest BCUT2D eigenvalue weighted by molar-refractivity contribution is 5.95. The van der Waals surface area contributed by atoms with Crippen LogP contribution in [0.25, 0.3) is 16.3 Å². The number of hydrogen-bond donors (Lipinski definition) is 0. The molecule has 0 aliphatic heterocycles. The van der Waals surface area contributed by atoms with Gasteiger partial charge in [-0.1, -0.05) is 18.2 Å². The molecule has 0 spiro atoms. The minimum absolute atomic E-state index is 1.26. The number of nitrogens with zero attached hydrogens (tertiary/aromatic N) is 1. The van der Waals surface area contributed by atoms with Crippen LogP contribution in [0.5, 0.6) is 0 Å². The zero-order valence-electron chi connectivity index (χ0n) is 8.64. The van der Waals surface area contributed by atoms with Crippen molar-refractivity contribution in [1.29, 1.82) is 0 Å². The van der Waals surface area contributed by atoms with Crippen molar-refractivity contribution in [3.8, 4) is 0 Å². The highest BCUT2D eigenvalue weighted by Crippen LogP contribution is 2.19. The van der Waals surface area contributed by atoms with E-state index in [0.29, 0.717) is 0 Å². The molecule has 0 atom stereocenters. The number of aryl methyl sites for hydroxylation is 1. The van der Waals surface area contributed by atoms with Gasteiger partial charge in [0.05, 0.1) is 5.39 Å². The van der Waals surface area contributed by atoms with Gasteiger partial charge in [-0.2, -0.15) is 4.40 Å². The summed E-state index contributed by atoms with van der Waals surface area (Å²) in [6.07, 6.45) is 4.27. The maximum atomic E-state index is 2.18. The van der Waals surface area contributed by atoms with Gasteiger partial charge in [-0.3, -0.25) is 0 Å². The Morgan fingerprint density at radius 3 is 2.47 bits per heavy atom. The van der Waals surface area contributed by atoms with Crippen molar-refractivity contribution in [1.82, 2.24) is 0 Å². The molecule has 15 heavy (non-hydrogen) atoms. The first-order valence-corrected chi connectivity index (χ1v) is 5.14. The number of hydrogen-bond acceptors (Lipinski definition) is 0. The van der Waals surface area contributed by atoms with E-state index in [-0.39, 0.29) is 0 Å². The monoisotopic (exact) mass is 194 g/mol. The van der Waals surface area contributed by atoms with Crippen LogP contribution in [-0.4, -0.2) is 0 Å². The number of aromatic nitrogens is 1. The summed E-state index contributed by atoms with van der Waals surface area (Å²) in [6.45, 7) is 2.15. The van der Waals surface area contributed by atoms with Crippen molar-refractivity contribution < 1.29 is 4.40 Å². The van der Waals surface area contributed by atoms with Crippen LogP contribution >= 0.6 is 0 Å². The van der Waals surface area contributed by atoms with Gasteiger partial charge in [-0.15, -0.1) is 0 Å². The second kappa shape index (κ2) is 3.06. The third-order valence-corrected chi connectivity index (χ3v) is 2.85. The molecular weight excluding hydrogens is 182 g/mol. The maximum Gasteiger partial charge on any atom is 0.218 e. The second-order valence-electron chi connectivity index (χ2n) is 3.85. The van der Waals surface area contributed by atoms with E-state index in [9.17, 15) is 0 Å². The lowest BCUT2D eigenvalue weighted by atomic mass is 10.1. The van der Waals surface area contributed by atoms with Gasteiger partial charge >= 0.3 is 0 Å². The predicted molar refractivity (Wildman–Crippen MR) is 61.8 cm³/mol. The first kappa shape index (κ1) is 8.42. The molecule has 0 amide bonds. The van der Waals surface area contributed by atoms with Crippen LogP contribution in [0, 0.1) is 6.92 Å². The summed E-state index contributed by atoms with van der Waals surface area (Å²) < 4.78 is 2.18. The van der Waals surface area contributed by atoms with Crippen molar-refractivity contribution in [2.45, 2.75) is 6.92 Å². The molecule has 72 valence electrons. The number of benzene rings is 1. The molecule has 0 saturated carbocycles. The van der Waals surface area contributed by atoms with Crippen molar-refractivity contribution in [3.05, 3.63) is 60.4 Å². The van der Waals surface area contributed by atoms with Crippen molar-refractivity contribution in [2.24, 2.45) is 0 Å². The molecule has 0 saturated heterocycles. The Balaban J connectivity index is 2.64. The van der Waals surface area contributed by atoms with E-state index in [1.165, 1.54) is 21.9 Å². The minimum atomic E-state index is 1.26. The van der Waals surface area contributed by atoms with E-state index < -0.39 is 0 Å². The molecule has 1 nitrogen and oxygen atoms in total. The lowest BCUT2D eigenvalue weighted by Gasteiger charge is -2.00. The van der Waals surface area contributed by atoms with Gasteiger partial charge in [0.15, 0.2) is 12.4 Å². The van der Waals surface area contributed by atoms with Gasteiger partial charge in [0.2, 0.25) is 5.52 Å². The molecule has 0 N–H and O–H groups in total. The summed E-state index contributed by atoms with van der Waals surface area (Å²) in [5.74, 6) is 0. The van der Waals surface area contributed by atoms with Crippen LogP contribution in [0.2, 0.25) is 0 Å². The van der Waals surface area contributed by atoms with Crippen molar-refractivity contribution in [3.63, 3.8) is 0 Å². The number of rotatable bonds is 0. The van der Waals surface area contributed by atoms with Crippen LogP contribution in [0.3, 0.4) is 0 Å². The zero-order valence-corrected chi connectivity index (χ0v) is 8.64. The molecule has 0 bridgehead atoms. The molecule has 2 heterocycles. The summed E-state index contributed by atoms with van der Waals surface area (Å²) in [5.41, 5.74) is 2.58. The lowest BCUT2D eigenvalue weighted by molar-refractivity contribution is -0.511. The molecule has 0 aliphatic rings. The van der Waals surface area contributed by atoms with E-state index in [1.807, 2.05) is 0 Å². The predicted octanol–water partition coefficient (Wildman–Crippen LogP) is 2.89. The standard InChI is InChI=1S/C14H12N/c1-11-10-15-9-5-4-8-14(15)13-7-3-2-6-12(11)13/h2-10H,1H3/q+1. The second-order valence-corrected chi connectivity index (χ2v) is 3.85. The third-order valence-electron chi connectivity index (χ3n) is 2.85. The van der Waals surface area contributed by atoms with Crippen LogP contribution < -0.4 is 4.40 Å². The molecule has 1 aromatic carbocycles. The molecule has 3 aromatic rings. The van der Waals surface area contributed by atoms with Gasteiger partial charge in [-0.25, -0.2) is 0 Å². The Morgan fingerprint density at radius 1 is 0.867 bits per heavy atom. The molecule has 0 unspecified atom stereocenters. The molecule has 2 aromatic heterocycles. The fraction of sp³-hybridized carbons (Fsp3) is 0.0714. The summed E-state index contributed by atoms with van der Waals surface area (Å²) in [7, 11) is 0. The molecular formula is C14H12N+. The van der Waals surface area contributed by atoms with Gasteiger partial charge in [-0.05, 0) is 24.4 Å². The van der Waals surface area contributed by atoms with Gasteiger partial charge < -0.3 is 0 Å². The van der Waals surface area contributed by atoms with E-state index >= 15 is 0 Å². The Labute approximate surface area is 88.6 Å². The fourth-order valence-corrected chi connectivity index (χ4v) is 2.13. The van der Waals surface area contributed by atoms with Crippen LogP contribution in [-0.2, 0) is 0 Å². The lowest BCUT2D eigenvalue weighted by Crippen LogP contribution is -2.21. The highest BCUT2D eigenvalue weighted by atomic mass is 14.8.